The minimum Gasteiger partial charge on any atom is -0.481 e. The van der Waals surface area contributed by atoms with Crippen molar-refractivity contribution in [1.29, 1.82) is 0 Å². The summed E-state index contributed by atoms with van der Waals surface area (Å²) in [5.74, 6) is -1.10. The number of carboxylic acids is 1. The molecule has 2 heterocycles. The van der Waals surface area contributed by atoms with E-state index >= 15 is 0 Å². The molecule has 1 fully saturated rings. The Hall–Kier alpha value is -2.45. The number of carbonyl (C=O) groups is 2. The molecule has 9 heteroatoms. The standard InChI is InChI=1S/C14H17F2N3O4/c15-10(16)8-23-12-3-1-2-11(17-12)18-14(22)19-6-4-9(5-7-19)13(20)21/h1-3,9-10H,4-8H2,(H,20,21)(H,17,18,22). The maximum absolute atomic E-state index is 12.1. The molecule has 0 aliphatic carbocycles. The average Bonchev–Trinajstić information content (AvgIpc) is 2.53. The van der Waals surface area contributed by atoms with E-state index in [0.717, 1.165) is 0 Å². The summed E-state index contributed by atoms with van der Waals surface area (Å²) in [5, 5.41) is 11.5. The zero-order valence-corrected chi connectivity index (χ0v) is 12.2. The molecule has 126 valence electrons. The van der Waals surface area contributed by atoms with Gasteiger partial charge in [-0.2, -0.15) is 4.98 Å². The lowest BCUT2D eigenvalue weighted by Gasteiger charge is -2.30. The fourth-order valence-corrected chi connectivity index (χ4v) is 2.23. The molecule has 1 saturated heterocycles. The topological polar surface area (TPSA) is 91.8 Å². The van der Waals surface area contributed by atoms with Crippen LogP contribution in [0.3, 0.4) is 0 Å². The second-order valence-electron chi connectivity index (χ2n) is 5.09. The number of piperidine rings is 1. The third-order valence-electron chi connectivity index (χ3n) is 3.45. The van der Waals surface area contributed by atoms with Gasteiger partial charge in [-0.05, 0) is 18.9 Å². The SMILES string of the molecule is O=C(O)C1CCN(C(=O)Nc2cccc(OCC(F)F)n2)CC1. The highest BCUT2D eigenvalue weighted by Crippen LogP contribution is 2.19. The average molecular weight is 329 g/mol. The van der Waals surface area contributed by atoms with Crippen LogP contribution in [-0.2, 0) is 4.79 Å². The number of amides is 2. The van der Waals surface area contributed by atoms with E-state index in [0.29, 0.717) is 25.9 Å². The minimum absolute atomic E-state index is 0.00677. The lowest BCUT2D eigenvalue weighted by Crippen LogP contribution is -2.42. The number of likely N-dealkylation sites (tertiary alicyclic amines) is 1. The number of hydrogen-bond acceptors (Lipinski definition) is 4. The number of carbonyl (C=O) groups excluding carboxylic acids is 1. The Morgan fingerprint density at radius 3 is 2.70 bits per heavy atom. The second kappa shape index (κ2) is 7.70. The smallest absolute Gasteiger partial charge is 0.323 e. The Morgan fingerprint density at radius 1 is 1.39 bits per heavy atom. The second-order valence-corrected chi connectivity index (χ2v) is 5.09. The van der Waals surface area contributed by atoms with Gasteiger partial charge >= 0.3 is 12.0 Å². The highest BCUT2D eigenvalue weighted by Gasteiger charge is 2.27. The van der Waals surface area contributed by atoms with Gasteiger partial charge in [0.2, 0.25) is 5.88 Å². The van der Waals surface area contributed by atoms with Gasteiger partial charge in [-0.1, -0.05) is 6.07 Å². The summed E-state index contributed by atoms with van der Waals surface area (Å²) in [4.78, 5) is 28.4. The van der Waals surface area contributed by atoms with Crippen LogP contribution in [0, 0.1) is 5.92 Å². The van der Waals surface area contributed by atoms with Crippen molar-refractivity contribution in [3.05, 3.63) is 18.2 Å². The minimum atomic E-state index is -2.61. The molecule has 0 saturated carbocycles. The zero-order valence-electron chi connectivity index (χ0n) is 12.2. The van der Waals surface area contributed by atoms with Gasteiger partial charge in [0.15, 0.2) is 6.61 Å². The van der Waals surface area contributed by atoms with Crippen molar-refractivity contribution in [1.82, 2.24) is 9.88 Å². The summed E-state index contributed by atoms with van der Waals surface area (Å²) in [7, 11) is 0. The summed E-state index contributed by atoms with van der Waals surface area (Å²) in [6, 6.07) is 4.04. The molecule has 1 aliphatic heterocycles. The summed E-state index contributed by atoms with van der Waals surface area (Å²) < 4.78 is 29.0. The van der Waals surface area contributed by atoms with Crippen LogP contribution >= 0.6 is 0 Å². The molecule has 2 amide bonds. The van der Waals surface area contributed by atoms with E-state index in [-0.39, 0.29) is 11.7 Å². The van der Waals surface area contributed by atoms with Gasteiger partial charge in [0.25, 0.3) is 6.43 Å². The predicted molar refractivity (Wildman–Crippen MR) is 76.7 cm³/mol. The zero-order chi connectivity index (χ0) is 16.8. The van der Waals surface area contributed by atoms with Gasteiger partial charge in [-0.3, -0.25) is 10.1 Å². The number of ether oxygens (including phenoxy) is 1. The molecule has 0 atom stereocenters. The Bertz CT molecular complexity index is 563. The Labute approximate surface area is 131 Å². The van der Waals surface area contributed by atoms with Gasteiger partial charge in [-0.25, -0.2) is 13.6 Å². The number of anilines is 1. The molecule has 1 aromatic rings. The number of hydrogen-bond donors (Lipinski definition) is 2. The molecular weight excluding hydrogens is 312 g/mol. The highest BCUT2D eigenvalue weighted by atomic mass is 19.3. The van der Waals surface area contributed by atoms with Gasteiger partial charge in [0.1, 0.15) is 5.82 Å². The van der Waals surface area contributed by atoms with Crippen molar-refractivity contribution in [3.8, 4) is 5.88 Å². The molecule has 0 unspecified atom stereocenters. The van der Waals surface area contributed by atoms with E-state index in [4.69, 9.17) is 9.84 Å². The van der Waals surface area contributed by atoms with Gasteiger partial charge in [-0.15, -0.1) is 0 Å². The Kier molecular flexibility index (Phi) is 5.67. The number of urea groups is 1. The van der Waals surface area contributed by atoms with E-state index in [2.05, 4.69) is 10.3 Å². The number of halogens is 2. The quantitative estimate of drug-likeness (QED) is 0.863. The predicted octanol–water partition coefficient (Wildman–Crippen LogP) is 2.05. The monoisotopic (exact) mass is 329 g/mol. The maximum atomic E-state index is 12.1. The number of aromatic nitrogens is 1. The lowest BCUT2D eigenvalue weighted by atomic mass is 9.97. The van der Waals surface area contributed by atoms with Gasteiger partial charge < -0.3 is 14.7 Å². The largest absolute Gasteiger partial charge is 0.481 e. The first-order valence-electron chi connectivity index (χ1n) is 7.12. The van der Waals surface area contributed by atoms with Crippen molar-refractivity contribution >= 4 is 17.8 Å². The molecule has 0 bridgehead atoms. The van der Waals surface area contributed by atoms with Crippen LogP contribution in [0.4, 0.5) is 19.4 Å². The van der Waals surface area contributed by atoms with Gasteiger partial charge in [0.05, 0.1) is 5.92 Å². The van der Waals surface area contributed by atoms with Crippen LogP contribution in [0.15, 0.2) is 18.2 Å². The number of pyridine rings is 1. The number of aliphatic carboxylic acids is 1. The van der Waals surface area contributed by atoms with E-state index in [1.54, 1.807) is 0 Å². The summed E-state index contributed by atoms with van der Waals surface area (Å²) in [6.07, 6.45) is -1.81. The molecule has 0 radical (unpaired) electrons. The molecular formula is C14H17F2N3O4. The molecule has 1 aliphatic rings. The first-order chi connectivity index (χ1) is 11.0. The van der Waals surface area contributed by atoms with Crippen LogP contribution in [0.5, 0.6) is 5.88 Å². The van der Waals surface area contributed by atoms with Crippen LogP contribution in [0.25, 0.3) is 0 Å². The van der Waals surface area contributed by atoms with Crippen LogP contribution < -0.4 is 10.1 Å². The molecule has 1 aromatic heterocycles. The first kappa shape index (κ1) is 16.9. The normalized spacial score (nSPS) is 15.5. The van der Waals surface area contributed by atoms with Crippen molar-refractivity contribution in [2.75, 3.05) is 25.0 Å². The molecule has 0 aromatic carbocycles. The van der Waals surface area contributed by atoms with Crippen molar-refractivity contribution in [3.63, 3.8) is 0 Å². The number of rotatable bonds is 5. The number of carboxylic acid groups (broad SMARTS) is 1. The fraction of sp³-hybridized carbons (Fsp3) is 0.500. The third-order valence-corrected chi connectivity index (χ3v) is 3.45. The van der Waals surface area contributed by atoms with Crippen molar-refractivity contribution in [2.24, 2.45) is 5.92 Å². The molecule has 2 rings (SSSR count). The lowest BCUT2D eigenvalue weighted by molar-refractivity contribution is -0.143. The molecule has 0 spiro atoms. The number of alkyl halides is 2. The molecule has 7 nitrogen and oxygen atoms in total. The molecule has 2 N–H and O–H groups in total. The van der Waals surface area contributed by atoms with Crippen molar-refractivity contribution in [2.45, 2.75) is 19.3 Å². The van der Waals surface area contributed by atoms with E-state index < -0.39 is 31.0 Å². The Morgan fingerprint density at radius 2 is 2.09 bits per heavy atom. The van der Waals surface area contributed by atoms with E-state index in [1.807, 2.05) is 0 Å². The summed E-state index contributed by atoms with van der Waals surface area (Å²) in [5.41, 5.74) is 0. The van der Waals surface area contributed by atoms with Crippen molar-refractivity contribution < 1.29 is 28.2 Å². The maximum Gasteiger partial charge on any atom is 0.323 e. The third kappa shape index (κ3) is 5.04. The highest BCUT2D eigenvalue weighted by molar-refractivity contribution is 5.88. The first-order valence-corrected chi connectivity index (χ1v) is 7.12. The van der Waals surface area contributed by atoms with Crippen LogP contribution in [0.2, 0.25) is 0 Å². The summed E-state index contributed by atoms with van der Waals surface area (Å²) in [6.45, 7) is -0.0954. The van der Waals surface area contributed by atoms with Gasteiger partial charge in [0, 0.05) is 19.2 Å². The molecule has 23 heavy (non-hydrogen) atoms. The van der Waals surface area contributed by atoms with E-state index in [9.17, 15) is 18.4 Å². The number of nitrogens with one attached hydrogen (secondary N) is 1. The summed E-state index contributed by atoms with van der Waals surface area (Å²) >= 11 is 0. The van der Waals surface area contributed by atoms with E-state index in [1.165, 1.54) is 23.1 Å². The Balaban J connectivity index is 1.88. The van der Waals surface area contributed by atoms with Crippen LogP contribution in [-0.4, -0.2) is 53.1 Å². The van der Waals surface area contributed by atoms with Crippen LogP contribution in [0.1, 0.15) is 12.8 Å². The number of nitrogens with zero attached hydrogens (tertiary/aromatic N) is 2. The fourth-order valence-electron chi connectivity index (χ4n) is 2.23.